The smallest absolute Gasteiger partial charge is 0.387 e. The number of hydrogen-bond acceptors (Lipinski definition) is 4. The van der Waals surface area contributed by atoms with Crippen molar-refractivity contribution in [3.8, 4) is 16.9 Å². The fourth-order valence-electron chi connectivity index (χ4n) is 2.59. The fraction of sp³-hybridized carbons (Fsp3) is 0.150. The highest BCUT2D eigenvalue weighted by Crippen LogP contribution is 2.34. The van der Waals surface area contributed by atoms with Gasteiger partial charge in [0.05, 0.1) is 0 Å². The van der Waals surface area contributed by atoms with Crippen LogP contribution in [0.4, 0.5) is 8.78 Å². The van der Waals surface area contributed by atoms with Crippen LogP contribution in [0.2, 0.25) is 0 Å². The summed E-state index contributed by atoms with van der Waals surface area (Å²) in [4.78, 5) is 11.9. The first-order valence-electron chi connectivity index (χ1n) is 8.03. The molecule has 1 aromatic heterocycles. The summed E-state index contributed by atoms with van der Waals surface area (Å²) in [6, 6.07) is 15.6. The zero-order valence-corrected chi connectivity index (χ0v) is 15.1. The summed E-state index contributed by atoms with van der Waals surface area (Å²) in [6.07, 6.45) is 0. The van der Waals surface area contributed by atoms with Gasteiger partial charge in [0.1, 0.15) is 11.5 Å². The van der Waals surface area contributed by atoms with Gasteiger partial charge in [-0.05, 0) is 36.8 Å². The Morgan fingerprint density at radius 1 is 1.19 bits per heavy atom. The van der Waals surface area contributed by atoms with Gasteiger partial charge >= 0.3 is 12.6 Å². The van der Waals surface area contributed by atoms with Gasteiger partial charge in [-0.1, -0.05) is 30.3 Å². The molecular weight excluding hydrogens is 374 g/mol. The maximum absolute atomic E-state index is 12.6. The predicted octanol–water partition coefficient (Wildman–Crippen LogP) is 5.85. The van der Waals surface area contributed by atoms with Crippen LogP contribution in [-0.2, 0) is 5.75 Å². The molecule has 0 aliphatic rings. The average molecular weight is 390 g/mol. The Morgan fingerprint density at radius 3 is 2.67 bits per heavy atom. The highest BCUT2D eigenvalue weighted by Gasteiger charge is 2.14. The van der Waals surface area contributed by atoms with Crippen LogP contribution in [0.3, 0.4) is 0 Å². The highest BCUT2D eigenvalue weighted by molar-refractivity contribution is 7.98. The molecule has 0 atom stereocenters. The number of furan rings is 1. The minimum Gasteiger partial charge on any atom is -0.475 e. The van der Waals surface area contributed by atoms with Crippen LogP contribution < -0.4 is 4.74 Å². The van der Waals surface area contributed by atoms with E-state index in [2.05, 4.69) is 4.74 Å². The van der Waals surface area contributed by atoms with Crippen molar-refractivity contribution in [1.82, 2.24) is 0 Å². The maximum Gasteiger partial charge on any atom is 0.387 e. The highest BCUT2D eigenvalue weighted by atomic mass is 32.2. The van der Waals surface area contributed by atoms with E-state index in [4.69, 9.17) is 9.52 Å². The molecule has 0 fully saturated rings. The molecule has 0 spiro atoms. The van der Waals surface area contributed by atoms with Gasteiger partial charge < -0.3 is 14.3 Å². The summed E-state index contributed by atoms with van der Waals surface area (Å²) in [7, 11) is 0. The molecule has 2 aromatic carbocycles. The summed E-state index contributed by atoms with van der Waals surface area (Å²) in [5.74, 6) is 0.0152. The van der Waals surface area contributed by atoms with Crippen LogP contribution in [0, 0.1) is 6.92 Å². The summed E-state index contributed by atoms with van der Waals surface area (Å²) in [6.45, 7) is -1.17. The van der Waals surface area contributed by atoms with E-state index < -0.39 is 12.6 Å². The first kappa shape index (κ1) is 19.0. The zero-order valence-electron chi connectivity index (χ0n) is 14.3. The number of thioether (sulfide) groups is 1. The van der Waals surface area contributed by atoms with Crippen LogP contribution in [0.25, 0.3) is 11.1 Å². The number of alkyl halides is 2. The van der Waals surface area contributed by atoms with E-state index in [-0.39, 0.29) is 11.5 Å². The molecule has 0 bridgehead atoms. The number of rotatable bonds is 7. The second-order valence-corrected chi connectivity index (χ2v) is 6.74. The lowest BCUT2D eigenvalue weighted by Gasteiger charge is -2.11. The summed E-state index contributed by atoms with van der Waals surface area (Å²) in [5.41, 5.74) is 2.13. The molecule has 0 aliphatic carbocycles. The van der Waals surface area contributed by atoms with Gasteiger partial charge in [0.15, 0.2) is 0 Å². The number of carboxylic acid groups (broad SMARTS) is 1. The topological polar surface area (TPSA) is 59.7 Å². The van der Waals surface area contributed by atoms with Gasteiger partial charge in [-0.15, -0.1) is 11.8 Å². The van der Waals surface area contributed by atoms with Gasteiger partial charge in [0, 0.05) is 21.8 Å². The Morgan fingerprint density at radius 2 is 1.96 bits per heavy atom. The number of para-hydroxylation sites is 1. The van der Waals surface area contributed by atoms with Crippen molar-refractivity contribution in [3.63, 3.8) is 0 Å². The molecule has 7 heteroatoms. The van der Waals surface area contributed by atoms with Crippen molar-refractivity contribution >= 4 is 17.7 Å². The van der Waals surface area contributed by atoms with E-state index in [1.807, 2.05) is 24.3 Å². The van der Waals surface area contributed by atoms with Crippen molar-refractivity contribution in [2.45, 2.75) is 24.2 Å². The lowest BCUT2D eigenvalue weighted by atomic mass is 10.1. The number of ether oxygens (including phenoxy) is 1. The van der Waals surface area contributed by atoms with Gasteiger partial charge in [0.2, 0.25) is 5.76 Å². The SMILES string of the molecule is Cc1oc(C(=O)O)cc1CSc1cccc(-c2ccccc2OC(F)F)c1. The standard InChI is InChI=1S/C20H16F2O4S/c1-12-14(10-18(25-12)19(23)24)11-27-15-6-4-5-13(9-15)16-7-2-3-8-17(16)26-20(21)22/h2-10,20H,11H2,1H3,(H,23,24). The molecule has 3 aromatic rings. The fourth-order valence-corrected chi connectivity index (χ4v) is 3.58. The molecule has 1 heterocycles. The number of benzene rings is 2. The number of carbonyl (C=O) groups is 1. The molecule has 0 aliphatic heterocycles. The van der Waals surface area contributed by atoms with E-state index >= 15 is 0 Å². The molecule has 0 saturated heterocycles. The largest absolute Gasteiger partial charge is 0.475 e. The molecule has 27 heavy (non-hydrogen) atoms. The molecule has 3 rings (SSSR count). The van der Waals surface area contributed by atoms with Crippen molar-refractivity contribution in [2.75, 3.05) is 0 Å². The van der Waals surface area contributed by atoms with E-state index in [1.54, 1.807) is 25.1 Å². The van der Waals surface area contributed by atoms with Crippen molar-refractivity contribution in [2.24, 2.45) is 0 Å². The van der Waals surface area contributed by atoms with E-state index in [1.165, 1.54) is 23.9 Å². The number of hydrogen-bond donors (Lipinski definition) is 1. The quantitative estimate of drug-likeness (QED) is 0.513. The van der Waals surface area contributed by atoms with Crippen LogP contribution in [0.15, 0.2) is 63.9 Å². The molecule has 4 nitrogen and oxygen atoms in total. The first-order valence-corrected chi connectivity index (χ1v) is 9.02. The molecule has 0 radical (unpaired) electrons. The molecule has 0 unspecified atom stereocenters. The Labute approximate surface area is 158 Å². The Kier molecular flexibility index (Phi) is 5.81. The third-order valence-electron chi connectivity index (χ3n) is 3.87. The first-order chi connectivity index (χ1) is 12.9. The monoisotopic (exact) mass is 390 g/mol. The lowest BCUT2D eigenvalue weighted by Crippen LogP contribution is -2.02. The molecular formula is C20H16F2O4S. The van der Waals surface area contributed by atoms with Crippen molar-refractivity contribution in [3.05, 3.63) is 71.7 Å². The van der Waals surface area contributed by atoms with Crippen molar-refractivity contribution in [1.29, 1.82) is 0 Å². The number of aromatic carboxylic acids is 1. The van der Waals surface area contributed by atoms with Gasteiger partial charge in [0.25, 0.3) is 0 Å². The minimum absolute atomic E-state index is 0.0880. The molecule has 0 amide bonds. The summed E-state index contributed by atoms with van der Waals surface area (Å²) in [5, 5.41) is 8.99. The predicted molar refractivity (Wildman–Crippen MR) is 98.5 cm³/mol. The summed E-state index contributed by atoms with van der Waals surface area (Å²) < 4.78 is 35.1. The van der Waals surface area contributed by atoms with Crippen molar-refractivity contribution < 1.29 is 27.8 Å². The van der Waals surface area contributed by atoms with Crippen LogP contribution in [0.1, 0.15) is 21.9 Å². The Bertz CT molecular complexity index is 953. The van der Waals surface area contributed by atoms with E-state index in [0.29, 0.717) is 17.1 Å². The second-order valence-electron chi connectivity index (χ2n) is 5.69. The maximum atomic E-state index is 12.6. The third kappa shape index (κ3) is 4.68. The van der Waals surface area contributed by atoms with E-state index in [0.717, 1.165) is 16.0 Å². The Balaban J connectivity index is 1.80. The number of aryl methyl sites for hydroxylation is 1. The normalized spacial score (nSPS) is 11.0. The van der Waals surface area contributed by atoms with E-state index in [9.17, 15) is 13.6 Å². The molecule has 1 N–H and O–H groups in total. The number of halogens is 2. The van der Waals surface area contributed by atoms with Crippen LogP contribution in [-0.4, -0.2) is 17.7 Å². The Hall–Kier alpha value is -2.80. The molecule has 0 saturated carbocycles. The van der Waals surface area contributed by atoms with Crippen LogP contribution in [0.5, 0.6) is 5.75 Å². The number of carboxylic acids is 1. The van der Waals surface area contributed by atoms with Gasteiger partial charge in [-0.2, -0.15) is 8.78 Å². The third-order valence-corrected chi connectivity index (χ3v) is 4.92. The zero-order chi connectivity index (χ0) is 19.4. The average Bonchev–Trinajstić information content (AvgIpc) is 3.01. The molecule has 140 valence electrons. The minimum atomic E-state index is -2.89. The summed E-state index contributed by atoms with van der Waals surface area (Å²) >= 11 is 1.50. The lowest BCUT2D eigenvalue weighted by molar-refractivity contribution is -0.0494. The van der Waals surface area contributed by atoms with Gasteiger partial charge in [-0.25, -0.2) is 4.79 Å². The van der Waals surface area contributed by atoms with Gasteiger partial charge in [-0.3, -0.25) is 0 Å². The second kappa shape index (κ2) is 8.26. The van der Waals surface area contributed by atoms with Crippen LogP contribution >= 0.6 is 11.8 Å².